The van der Waals surface area contributed by atoms with Gasteiger partial charge in [0.2, 0.25) is 5.88 Å². The van der Waals surface area contributed by atoms with E-state index in [-0.39, 0.29) is 11.8 Å². The van der Waals surface area contributed by atoms with Crippen LogP contribution in [0.4, 0.5) is 10.7 Å². The van der Waals surface area contributed by atoms with Gasteiger partial charge in [-0.1, -0.05) is 85.3 Å². The van der Waals surface area contributed by atoms with Crippen molar-refractivity contribution in [1.82, 2.24) is 4.98 Å². The first kappa shape index (κ1) is 23.3. The number of halogens is 1. The SMILES string of the molecule is CC(C=O)c1ccc(-c2ccc(-c3ncoc3NC(=O)O[C@H](C)c3ccccc3Cl)cc2)cc1. The van der Waals surface area contributed by atoms with Gasteiger partial charge in [-0.2, -0.15) is 0 Å². The Morgan fingerprint density at radius 3 is 2.24 bits per heavy atom. The zero-order valence-electron chi connectivity index (χ0n) is 18.7. The third kappa shape index (κ3) is 5.18. The van der Waals surface area contributed by atoms with Crippen molar-refractivity contribution in [3.05, 3.63) is 95.3 Å². The molecule has 1 heterocycles. The maximum Gasteiger partial charge on any atom is 0.414 e. The average molecular weight is 475 g/mol. The maximum absolute atomic E-state index is 12.4. The molecular formula is C27H23ClN2O4. The van der Waals surface area contributed by atoms with Crippen LogP contribution in [-0.2, 0) is 9.53 Å². The normalized spacial score (nSPS) is 12.6. The summed E-state index contributed by atoms with van der Waals surface area (Å²) < 4.78 is 10.8. The van der Waals surface area contributed by atoms with Crippen molar-refractivity contribution < 1.29 is 18.7 Å². The van der Waals surface area contributed by atoms with E-state index in [0.29, 0.717) is 16.3 Å². The second-order valence-corrected chi connectivity index (χ2v) is 8.26. The van der Waals surface area contributed by atoms with E-state index < -0.39 is 12.2 Å². The molecule has 0 aliphatic rings. The largest absolute Gasteiger partial charge is 0.441 e. The number of carbonyl (C=O) groups excluding carboxylic acids is 2. The number of hydrogen-bond acceptors (Lipinski definition) is 5. The van der Waals surface area contributed by atoms with Crippen molar-refractivity contribution in [3.8, 4) is 22.4 Å². The van der Waals surface area contributed by atoms with E-state index in [9.17, 15) is 9.59 Å². The molecule has 1 unspecified atom stereocenters. The number of benzene rings is 3. The Balaban J connectivity index is 1.45. The first-order chi connectivity index (χ1) is 16.5. The molecule has 1 amide bonds. The highest BCUT2D eigenvalue weighted by atomic mass is 35.5. The molecule has 0 saturated heterocycles. The molecule has 0 radical (unpaired) electrons. The minimum atomic E-state index is -0.674. The zero-order valence-corrected chi connectivity index (χ0v) is 19.5. The van der Waals surface area contributed by atoms with Gasteiger partial charge in [-0.25, -0.2) is 9.78 Å². The molecule has 1 N–H and O–H groups in total. The third-order valence-electron chi connectivity index (χ3n) is 5.54. The van der Waals surface area contributed by atoms with Crippen molar-refractivity contribution >= 4 is 29.9 Å². The number of anilines is 1. The number of oxazole rings is 1. The quantitative estimate of drug-likeness (QED) is 0.285. The first-order valence-electron chi connectivity index (χ1n) is 10.8. The van der Waals surface area contributed by atoms with Crippen LogP contribution in [0.2, 0.25) is 5.02 Å². The molecule has 34 heavy (non-hydrogen) atoms. The highest BCUT2D eigenvalue weighted by molar-refractivity contribution is 6.31. The number of amides is 1. The summed E-state index contributed by atoms with van der Waals surface area (Å²) in [6.07, 6.45) is 0.982. The molecule has 4 rings (SSSR count). The molecule has 0 spiro atoms. The summed E-state index contributed by atoms with van der Waals surface area (Å²) in [6, 6.07) is 22.8. The fourth-order valence-electron chi connectivity index (χ4n) is 3.57. The van der Waals surface area contributed by atoms with Crippen LogP contribution in [0.15, 0.2) is 83.6 Å². The number of nitrogens with zero attached hydrogens (tertiary/aromatic N) is 1. The zero-order chi connectivity index (χ0) is 24.1. The molecule has 2 atom stereocenters. The Bertz CT molecular complexity index is 1280. The van der Waals surface area contributed by atoms with Gasteiger partial charge >= 0.3 is 6.09 Å². The van der Waals surface area contributed by atoms with Crippen LogP contribution < -0.4 is 5.32 Å². The number of aromatic nitrogens is 1. The smallest absolute Gasteiger partial charge is 0.414 e. The highest BCUT2D eigenvalue weighted by Crippen LogP contribution is 2.31. The summed E-state index contributed by atoms with van der Waals surface area (Å²) in [6.45, 7) is 3.61. The number of hydrogen-bond donors (Lipinski definition) is 1. The minimum Gasteiger partial charge on any atom is -0.441 e. The van der Waals surface area contributed by atoms with Crippen molar-refractivity contribution in [2.45, 2.75) is 25.9 Å². The Kier molecular flexibility index (Phi) is 7.09. The van der Waals surface area contributed by atoms with Gasteiger partial charge in [-0.15, -0.1) is 0 Å². The lowest BCUT2D eigenvalue weighted by molar-refractivity contribution is -0.108. The molecule has 3 aromatic carbocycles. The first-order valence-corrected chi connectivity index (χ1v) is 11.2. The van der Waals surface area contributed by atoms with Gasteiger partial charge in [0.05, 0.1) is 0 Å². The van der Waals surface area contributed by atoms with Crippen LogP contribution in [0.5, 0.6) is 0 Å². The Morgan fingerprint density at radius 2 is 1.59 bits per heavy atom. The van der Waals surface area contributed by atoms with Crippen LogP contribution in [0.3, 0.4) is 0 Å². The van der Waals surface area contributed by atoms with Crippen LogP contribution >= 0.6 is 11.6 Å². The van der Waals surface area contributed by atoms with E-state index in [4.69, 9.17) is 20.8 Å². The third-order valence-corrected chi connectivity index (χ3v) is 5.89. The van der Waals surface area contributed by atoms with Crippen LogP contribution in [0.1, 0.15) is 37.0 Å². The molecule has 0 aliphatic carbocycles. The Hall–Kier alpha value is -3.90. The summed E-state index contributed by atoms with van der Waals surface area (Å²) in [7, 11) is 0. The van der Waals surface area contributed by atoms with Gasteiger partial charge in [0, 0.05) is 22.1 Å². The predicted octanol–water partition coefficient (Wildman–Crippen LogP) is 7.27. The van der Waals surface area contributed by atoms with Crippen molar-refractivity contribution in [2.24, 2.45) is 0 Å². The van der Waals surface area contributed by atoms with E-state index in [1.54, 1.807) is 19.1 Å². The summed E-state index contributed by atoms with van der Waals surface area (Å²) in [5.41, 5.74) is 5.00. The van der Waals surface area contributed by atoms with Gasteiger partial charge in [-0.3, -0.25) is 5.32 Å². The summed E-state index contributed by atoms with van der Waals surface area (Å²) in [4.78, 5) is 27.7. The van der Waals surface area contributed by atoms with Gasteiger partial charge in [0.15, 0.2) is 6.39 Å². The highest BCUT2D eigenvalue weighted by Gasteiger charge is 2.18. The predicted molar refractivity (Wildman–Crippen MR) is 132 cm³/mol. The number of rotatable bonds is 7. The fourth-order valence-corrected chi connectivity index (χ4v) is 3.86. The van der Waals surface area contributed by atoms with Crippen LogP contribution in [0, 0.1) is 0 Å². The second-order valence-electron chi connectivity index (χ2n) is 7.85. The molecule has 0 bridgehead atoms. The molecule has 4 aromatic rings. The van der Waals surface area contributed by atoms with Crippen molar-refractivity contribution in [2.75, 3.05) is 5.32 Å². The van der Waals surface area contributed by atoms with Crippen LogP contribution in [0.25, 0.3) is 22.4 Å². The monoisotopic (exact) mass is 474 g/mol. The lowest BCUT2D eigenvalue weighted by Crippen LogP contribution is -2.16. The summed E-state index contributed by atoms with van der Waals surface area (Å²) in [5, 5.41) is 3.14. The number of nitrogens with one attached hydrogen (secondary N) is 1. The summed E-state index contributed by atoms with van der Waals surface area (Å²) >= 11 is 6.18. The minimum absolute atomic E-state index is 0.131. The average Bonchev–Trinajstić information content (AvgIpc) is 3.31. The molecule has 172 valence electrons. The molecule has 0 fully saturated rings. The van der Waals surface area contributed by atoms with Crippen LogP contribution in [-0.4, -0.2) is 17.4 Å². The number of ether oxygens (including phenoxy) is 1. The number of carbonyl (C=O) groups is 2. The fraction of sp³-hybridized carbons (Fsp3) is 0.148. The molecule has 1 aromatic heterocycles. The Morgan fingerprint density at radius 1 is 0.971 bits per heavy atom. The van der Waals surface area contributed by atoms with Gasteiger partial charge in [0.25, 0.3) is 0 Å². The summed E-state index contributed by atoms with van der Waals surface area (Å²) in [5.74, 6) is 0.0604. The van der Waals surface area contributed by atoms with E-state index in [0.717, 1.165) is 28.5 Å². The van der Waals surface area contributed by atoms with Gasteiger partial charge in [-0.05, 0) is 29.7 Å². The molecule has 6 nitrogen and oxygen atoms in total. The van der Waals surface area contributed by atoms with Gasteiger partial charge < -0.3 is 13.9 Å². The standard InChI is InChI=1S/C27H23ClN2O4/c1-17(15-31)19-7-9-20(10-8-19)21-11-13-22(14-12-21)25-26(33-16-29-25)30-27(32)34-18(2)23-5-3-4-6-24(23)28/h3-18H,1-2H3,(H,30,32)/t17?,18-/m1/s1. The lowest BCUT2D eigenvalue weighted by atomic mass is 9.98. The lowest BCUT2D eigenvalue weighted by Gasteiger charge is -2.15. The second kappa shape index (κ2) is 10.4. The van der Waals surface area contributed by atoms with Gasteiger partial charge in [0.1, 0.15) is 18.1 Å². The van der Waals surface area contributed by atoms with Crippen molar-refractivity contribution in [1.29, 1.82) is 0 Å². The molecule has 0 aliphatic heterocycles. The van der Waals surface area contributed by atoms with E-state index in [1.165, 1.54) is 6.39 Å². The molecular weight excluding hydrogens is 452 g/mol. The number of aldehydes is 1. The Labute approximate surface area is 202 Å². The van der Waals surface area contributed by atoms with E-state index >= 15 is 0 Å². The topological polar surface area (TPSA) is 81.4 Å². The maximum atomic E-state index is 12.4. The van der Waals surface area contributed by atoms with E-state index in [2.05, 4.69) is 10.3 Å². The molecule has 0 saturated carbocycles. The van der Waals surface area contributed by atoms with E-state index in [1.807, 2.05) is 67.6 Å². The molecule has 7 heteroatoms. The van der Waals surface area contributed by atoms with Crippen molar-refractivity contribution in [3.63, 3.8) is 0 Å².